The number of para-hydroxylation sites is 1. The molecule has 2 aliphatic rings. The highest BCUT2D eigenvalue weighted by atomic mass is 35.5. The van der Waals surface area contributed by atoms with Crippen LogP contribution in [-0.4, -0.2) is 59.0 Å². The first-order valence-corrected chi connectivity index (χ1v) is 13.6. The van der Waals surface area contributed by atoms with Crippen LogP contribution in [0.2, 0.25) is 10.0 Å². The number of carbonyl (C=O) groups is 2. The number of aliphatic hydroxyl groups is 1. The fraction of sp³-hybridized carbons (Fsp3) is 0.333. The third-order valence-electron chi connectivity index (χ3n) is 7.80. The quantitative estimate of drug-likeness (QED) is 0.416. The van der Waals surface area contributed by atoms with Gasteiger partial charge in [0.2, 0.25) is 0 Å². The number of hydrogen-bond acceptors (Lipinski definition) is 4. The molecule has 2 amide bonds. The average Bonchev–Trinajstić information content (AvgIpc) is 2.93. The van der Waals surface area contributed by atoms with Crippen molar-refractivity contribution in [2.24, 2.45) is 5.41 Å². The lowest BCUT2D eigenvalue weighted by Gasteiger charge is -2.50. The van der Waals surface area contributed by atoms with Crippen molar-refractivity contribution in [2.45, 2.75) is 32.3 Å². The summed E-state index contributed by atoms with van der Waals surface area (Å²) in [5, 5.41) is 11.8. The molecule has 0 aliphatic carbocycles. The van der Waals surface area contributed by atoms with Crippen LogP contribution in [0, 0.1) is 12.3 Å². The van der Waals surface area contributed by atoms with Gasteiger partial charge in [-0.2, -0.15) is 0 Å². The number of aryl methyl sites for hydroxylation is 1. The van der Waals surface area contributed by atoms with Gasteiger partial charge in [-0.15, -0.1) is 0 Å². The highest BCUT2D eigenvalue weighted by Crippen LogP contribution is 2.41. The van der Waals surface area contributed by atoms with Crippen molar-refractivity contribution in [1.29, 1.82) is 0 Å². The molecule has 1 N–H and O–H groups in total. The Balaban J connectivity index is 1.23. The number of ether oxygens (including phenoxy) is 1. The first-order valence-electron chi connectivity index (χ1n) is 12.8. The molecule has 1 atom stereocenters. The summed E-state index contributed by atoms with van der Waals surface area (Å²) in [5.41, 5.74) is 1.45. The van der Waals surface area contributed by atoms with Crippen LogP contribution in [0.15, 0.2) is 66.7 Å². The second-order valence-corrected chi connectivity index (χ2v) is 11.0. The maximum Gasteiger partial charge on any atom is 0.254 e. The van der Waals surface area contributed by atoms with Crippen molar-refractivity contribution < 1.29 is 19.4 Å². The topological polar surface area (TPSA) is 70.1 Å². The molecule has 3 aromatic rings. The summed E-state index contributed by atoms with van der Waals surface area (Å²) in [5.74, 6) is 1.25. The van der Waals surface area contributed by atoms with Gasteiger partial charge in [0.05, 0.1) is 16.1 Å². The zero-order valence-corrected chi connectivity index (χ0v) is 22.7. The van der Waals surface area contributed by atoms with E-state index in [1.807, 2.05) is 47.1 Å². The summed E-state index contributed by atoms with van der Waals surface area (Å²) in [6.07, 6.45) is 1.23. The minimum atomic E-state index is -0.520. The minimum absolute atomic E-state index is 0.0456. The molecule has 6 nitrogen and oxygen atoms in total. The first-order chi connectivity index (χ1) is 18.3. The van der Waals surface area contributed by atoms with Crippen LogP contribution in [0.5, 0.6) is 11.5 Å². The smallest absolute Gasteiger partial charge is 0.254 e. The third kappa shape index (κ3) is 5.39. The van der Waals surface area contributed by atoms with E-state index in [9.17, 15) is 14.7 Å². The van der Waals surface area contributed by atoms with E-state index in [1.54, 1.807) is 36.4 Å². The Kier molecular flexibility index (Phi) is 7.66. The molecule has 0 bridgehead atoms. The molecular weight excluding hydrogens is 523 g/mol. The van der Waals surface area contributed by atoms with E-state index in [2.05, 4.69) is 0 Å². The van der Waals surface area contributed by atoms with E-state index >= 15 is 0 Å². The fourth-order valence-electron chi connectivity index (χ4n) is 5.49. The summed E-state index contributed by atoms with van der Waals surface area (Å²) in [6.45, 7) is 3.80. The molecule has 2 saturated heterocycles. The van der Waals surface area contributed by atoms with Crippen LogP contribution in [0.3, 0.4) is 0 Å². The van der Waals surface area contributed by atoms with Gasteiger partial charge in [0.25, 0.3) is 11.8 Å². The molecule has 0 radical (unpaired) electrons. The molecule has 8 heteroatoms. The Morgan fingerprint density at radius 2 is 1.50 bits per heavy atom. The van der Waals surface area contributed by atoms with Gasteiger partial charge in [-0.1, -0.05) is 41.4 Å². The van der Waals surface area contributed by atoms with Crippen molar-refractivity contribution in [3.05, 3.63) is 93.5 Å². The van der Waals surface area contributed by atoms with Crippen LogP contribution >= 0.6 is 23.2 Å². The number of piperidine rings is 2. The van der Waals surface area contributed by atoms with Gasteiger partial charge in [-0.3, -0.25) is 9.59 Å². The van der Waals surface area contributed by atoms with E-state index in [4.69, 9.17) is 27.9 Å². The number of carbonyl (C=O) groups excluding carboxylic acids is 2. The van der Waals surface area contributed by atoms with E-state index in [-0.39, 0.29) is 11.8 Å². The molecule has 2 aliphatic heterocycles. The Hall–Kier alpha value is -3.06. The summed E-state index contributed by atoms with van der Waals surface area (Å²) in [6, 6.07) is 20.0. The number of aliphatic hydroxyl groups excluding tert-OH is 1. The number of likely N-dealkylation sites (tertiary alicyclic amines) is 2. The number of halogens is 2. The molecule has 1 unspecified atom stereocenters. The molecule has 0 aromatic heterocycles. The fourth-order valence-corrected chi connectivity index (χ4v) is 5.87. The van der Waals surface area contributed by atoms with Crippen LogP contribution in [0.4, 0.5) is 0 Å². The van der Waals surface area contributed by atoms with Gasteiger partial charge in [-0.05, 0) is 80.3 Å². The zero-order valence-electron chi connectivity index (χ0n) is 21.2. The maximum atomic E-state index is 13.4. The Morgan fingerprint density at radius 3 is 2.18 bits per heavy atom. The van der Waals surface area contributed by atoms with Crippen molar-refractivity contribution in [2.75, 3.05) is 26.2 Å². The summed E-state index contributed by atoms with van der Waals surface area (Å²) in [7, 11) is 0. The molecule has 1 spiro atoms. The minimum Gasteiger partial charge on any atom is -0.457 e. The van der Waals surface area contributed by atoms with E-state index in [1.165, 1.54) is 0 Å². The molecule has 5 rings (SSSR count). The lowest BCUT2D eigenvalue weighted by Crippen LogP contribution is -2.58. The second-order valence-electron chi connectivity index (χ2n) is 10.2. The lowest BCUT2D eigenvalue weighted by molar-refractivity contribution is -0.0676. The van der Waals surface area contributed by atoms with Gasteiger partial charge in [0.1, 0.15) is 11.5 Å². The van der Waals surface area contributed by atoms with Crippen LogP contribution in [-0.2, 0) is 0 Å². The van der Waals surface area contributed by atoms with Crippen LogP contribution in [0.1, 0.15) is 45.5 Å². The van der Waals surface area contributed by atoms with Gasteiger partial charge >= 0.3 is 0 Å². The Morgan fingerprint density at radius 1 is 0.868 bits per heavy atom. The Labute approximate surface area is 232 Å². The lowest BCUT2D eigenvalue weighted by atomic mass is 9.70. The SMILES string of the molecule is Cc1cc(Cl)c(Cl)cc1C(=O)N1CCC(O)C2(CCN(C(=O)c3ccc(Oc4ccccc4)cc3)CC2)C1. The number of benzene rings is 3. The predicted molar refractivity (Wildman–Crippen MR) is 148 cm³/mol. The predicted octanol–water partition coefficient (Wildman–Crippen LogP) is 6.22. The highest BCUT2D eigenvalue weighted by Gasteiger charge is 2.46. The number of nitrogens with zero attached hydrogens (tertiary/aromatic N) is 2. The molecule has 2 heterocycles. The van der Waals surface area contributed by atoms with Crippen molar-refractivity contribution in [1.82, 2.24) is 9.80 Å². The zero-order chi connectivity index (χ0) is 26.9. The van der Waals surface area contributed by atoms with Gasteiger partial charge in [0.15, 0.2) is 0 Å². The maximum absolute atomic E-state index is 13.4. The molecule has 198 valence electrons. The number of amides is 2. The van der Waals surface area contributed by atoms with E-state index < -0.39 is 11.5 Å². The van der Waals surface area contributed by atoms with E-state index in [0.29, 0.717) is 72.4 Å². The van der Waals surface area contributed by atoms with Crippen molar-refractivity contribution in [3.8, 4) is 11.5 Å². The third-order valence-corrected chi connectivity index (χ3v) is 8.52. The van der Waals surface area contributed by atoms with Crippen LogP contribution < -0.4 is 4.74 Å². The van der Waals surface area contributed by atoms with Crippen LogP contribution in [0.25, 0.3) is 0 Å². The number of hydrogen-bond donors (Lipinski definition) is 1. The van der Waals surface area contributed by atoms with Crippen molar-refractivity contribution in [3.63, 3.8) is 0 Å². The standard InChI is InChI=1S/C30H30Cl2N2O4/c1-20-17-25(31)26(32)18-24(20)29(37)34-14-11-27(35)30(19-34)12-15-33(16-13-30)28(36)21-7-9-23(10-8-21)38-22-5-3-2-4-6-22/h2-10,17-18,27,35H,11-16,19H2,1H3. The normalized spacial score (nSPS) is 18.9. The molecule has 0 saturated carbocycles. The van der Waals surface area contributed by atoms with Gasteiger partial charge < -0.3 is 19.6 Å². The molecule has 3 aromatic carbocycles. The van der Waals surface area contributed by atoms with Crippen molar-refractivity contribution >= 4 is 35.0 Å². The second kappa shape index (κ2) is 11.0. The largest absolute Gasteiger partial charge is 0.457 e. The summed E-state index contributed by atoms with van der Waals surface area (Å²) >= 11 is 12.3. The van der Waals surface area contributed by atoms with E-state index in [0.717, 1.165) is 11.3 Å². The average molecular weight is 553 g/mol. The highest BCUT2D eigenvalue weighted by molar-refractivity contribution is 6.42. The molecular formula is C30H30Cl2N2O4. The summed E-state index contributed by atoms with van der Waals surface area (Å²) < 4.78 is 5.83. The summed E-state index contributed by atoms with van der Waals surface area (Å²) in [4.78, 5) is 30.2. The van der Waals surface area contributed by atoms with Gasteiger partial charge in [-0.25, -0.2) is 0 Å². The number of rotatable bonds is 4. The molecule has 38 heavy (non-hydrogen) atoms. The van der Waals surface area contributed by atoms with Gasteiger partial charge in [0, 0.05) is 42.7 Å². The Bertz CT molecular complexity index is 1320. The molecule has 2 fully saturated rings. The monoisotopic (exact) mass is 552 g/mol. The first kappa shape index (κ1) is 26.5.